The van der Waals surface area contributed by atoms with Crippen molar-refractivity contribution in [2.75, 3.05) is 26.8 Å². The third-order valence-electron chi connectivity index (χ3n) is 4.50. The number of aromatic nitrogens is 2. The van der Waals surface area contributed by atoms with E-state index >= 15 is 0 Å². The first-order chi connectivity index (χ1) is 13.1. The molecule has 1 aliphatic rings. The van der Waals surface area contributed by atoms with Gasteiger partial charge in [0, 0.05) is 31.1 Å². The highest BCUT2D eigenvalue weighted by molar-refractivity contribution is 5.97. The van der Waals surface area contributed by atoms with Gasteiger partial charge in [-0.05, 0) is 31.2 Å². The first-order valence-corrected chi connectivity index (χ1v) is 8.84. The molecule has 3 aromatic rings. The molecule has 1 aliphatic heterocycles. The van der Waals surface area contributed by atoms with Crippen LogP contribution in [-0.2, 0) is 22.5 Å². The Hall–Kier alpha value is -2.71. The van der Waals surface area contributed by atoms with Gasteiger partial charge in [0.05, 0.1) is 19.1 Å². The molecule has 2 aromatic heterocycles. The lowest BCUT2D eigenvalue weighted by molar-refractivity contribution is -0.0237. The summed E-state index contributed by atoms with van der Waals surface area (Å²) >= 11 is 0. The average Bonchev–Trinajstić information content (AvgIpc) is 3.26. The zero-order chi connectivity index (χ0) is 18.8. The fraction of sp³-hybridized carbons (Fsp3) is 0.421. The highest BCUT2D eigenvalue weighted by atomic mass is 16.5. The molecule has 0 bridgehead atoms. The van der Waals surface area contributed by atoms with E-state index in [0.29, 0.717) is 50.0 Å². The van der Waals surface area contributed by atoms with E-state index in [9.17, 15) is 4.79 Å². The molecule has 0 N–H and O–H groups in total. The number of benzene rings is 1. The third-order valence-corrected chi connectivity index (χ3v) is 4.50. The molecule has 3 heterocycles. The molecule has 0 aliphatic carbocycles. The molecule has 1 amide bonds. The second-order valence-corrected chi connectivity index (χ2v) is 6.60. The Morgan fingerprint density at radius 1 is 1.37 bits per heavy atom. The standard InChI is InChI=1S/C19H21N3O5/c1-12-7-14-8-13(3-4-16(14)26-12)19(23)22-5-6-25-15(10-22)9-18-20-17(11-24-2)21-27-18/h3-4,7-8,15H,5-6,9-11H2,1-2H3/t15-/m1/s1. The Kier molecular flexibility index (Phi) is 4.91. The van der Waals surface area contributed by atoms with Crippen molar-refractivity contribution in [2.45, 2.75) is 26.1 Å². The summed E-state index contributed by atoms with van der Waals surface area (Å²) in [6.07, 6.45) is 0.277. The fourth-order valence-electron chi connectivity index (χ4n) is 3.27. The maximum atomic E-state index is 12.9. The van der Waals surface area contributed by atoms with Crippen molar-refractivity contribution in [3.05, 3.63) is 47.3 Å². The van der Waals surface area contributed by atoms with Crippen LogP contribution >= 0.6 is 0 Å². The van der Waals surface area contributed by atoms with E-state index in [0.717, 1.165) is 16.7 Å². The van der Waals surface area contributed by atoms with E-state index in [1.807, 2.05) is 25.1 Å². The van der Waals surface area contributed by atoms with Crippen LogP contribution in [0, 0.1) is 6.92 Å². The topological polar surface area (TPSA) is 90.8 Å². The van der Waals surface area contributed by atoms with Crippen LogP contribution in [0.2, 0.25) is 0 Å². The second kappa shape index (κ2) is 7.50. The van der Waals surface area contributed by atoms with Gasteiger partial charge in [-0.15, -0.1) is 0 Å². The Morgan fingerprint density at radius 3 is 3.11 bits per heavy atom. The summed E-state index contributed by atoms with van der Waals surface area (Å²) in [6, 6.07) is 7.44. The fourth-order valence-corrected chi connectivity index (χ4v) is 3.27. The summed E-state index contributed by atoms with van der Waals surface area (Å²) < 4.78 is 21.5. The van der Waals surface area contributed by atoms with Crippen LogP contribution in [0.25, 0.3) is 11.0 Å². The molecule has 0 spiro atoms. The molecule has 1 aromatic carbocycles. The molecule has 4 rings (SSSR count). The number of furan rings is 1. The predicted octanol–water partition coefficient (Wildman–Crippen LogP) is 2.35. The van der Waals surface area contributed by atoms with Crippen LogP contribution < -0.4 is 0 Å². The molecular weight excluding hydrogens is 350 g/mol. The molecule has 0 radical (unpaired) electrons. The van der Waals surface area contributed by atoms with Crippen molar-refractivity contribution in [3.8, 4) is 0 Å². The highest BCUT2D eigenvalue weighted by Gasteiger charge is 2.27. The number of nitrogens with zero attached hydrogens (tertiary/aromatic N) is 3. The summed E-state index contributed by atoms with van der Waals surface area (Å²) in [5.74, 6) is 1.79. The van der Waals surface area contributed by atoms with E-state index in [1.165, 1.54) is 0 Å². The van der Waals surface area contributed by atoms with Crippen LogP contribution in [-0.4, -0.2) is 53.9 Å². The van der Waals surface area contributed by atoms with Crippen LogP contribution in [0.3, 0.4) is 0 Å². The molecule has 0 saturated carbocycles. The van der Waals surface area contributed by atoms with Gasteiger partial charge in [0.1, 0.15) is 18.0 Å². The monoisotopic (exact) mass is 371 g/mol. The molecule has 142 valence electrons. The normalized spacial score (nSPS) is 17.6. The van der Waals surface area contributed by atoms with Gasteiger partial charge in [-0.1, -0.05) is 5.16 Å². The zero-order valence-electron chi connectivity index (χ0n) is 15.3. The van der Waals surface area contributed by atoms with E-state index in [1.54, 1.807) is 18.1 Å². The summed E-state index contributed by atoms with van der Waals surface area (Å²) in [4.78, 5) is 19.0. The number of fused-ring (bicyclic) bond motifs is 1. The molecule has 8 heteroatoms. The van der Waals surface area contributed by atoms with Gasteiger partial charge >= 0.3 is 0 Å². The average molecular weight is 371 g/mol. The number of carbonyl (C=O) groups is 1. The van der Waals surface area contributed by atoms with Crippen LogP contribution in [0.1, 0.15) is 27.8 Å². The van der Waals surface area contributed by atoms with Gasteiger partial charge in [0.25, 0.3) is 5.91 Å². The molecule has 0 unspecified atom stereocenters. The molecule has 1 fully saturated rings. The molecular formula is C19H21N3O5. The number of hydrogen-bond acceptors (Lipinski definition) is 7. The Morgan fingerprint density at radius 2 is 2.26 bits per heavy atom. The number of carbonyl (C=O) groups excluding carboxylic acids is 1. The van der Waals surface area contributed by atoms with Crippen molar-refractivity contribution in [1.29, 1.82) is 0 Å². The predicted molar refractivity (Wildman–Crippen MR) is 95.3 cm³/mol. The number of hydrogen-bond donors (Lipinski definition) is 0. The first-order valence-electron chi connectivity index (χ1n) is 8.84. The van der Waals surface area contributed by atoms with Gasteiger partial charge in [0.2, 0.25) is 5.89 Å². The van der Waals surface area contributed by atoms with E-state index in [4.69, 9.17) is 18.4 Å². The minimum Gasteiger partial charge on any atom is -0.461 e. The van der Waals surface area contributed by atoms with Gasteiger partial charge in [-0.3, -0.25) is 4.79 Å². The molecule has 27 heavy (non-hydrogen) atoms. The maximum absolute atomic E-state index is 12.9. The first kappa shape index (κ1) is 17.7. The number of morpholine rings is 1. The molecule has 1 saturated heterocycles. The SMILES string of the molecule is COCc1noc(C[C@@H]2CN(C(=O)c3ccc4oc(C)cc4c3)CCO2)n1. The highest BCUT2D eigenvalue weighted by Crippen LogP contribution is 2.22. The second-order valence-electron chi connectivity index (χ2n) is 6.60. The van der Waals surface area contributed by atoms with Gasteiger partial charge in [-0.2, -0.15) is 4.98 Å². The van der Waals surface area contributed by atoms with Crippen molar-refractivity contribution in [2.24, 2.45) is 0 Å². The summed E-state index contributed by atoms with van der Waals surface area (Å²) in [5, 5.41) is 4.78. The van der Waals surface area contributed by atoms with Crippen molar-refractivity contribution < 1.29 is 23.2 Å². The minimum absolute atomic E-state index is 0.0188. The Bertz CT molecular complexity index is 948. The van der Waals surface area contributed by atoms with E-state index in [2.05, 4.69) is 10.1 Å². The number of rotatable bonds is 5. The van der Waals surface area contributed by atoms with E-state index in [-0.39, 0.29) is 12.0 Å². The molecule has 8 nitrogen and oxygen atoms in total. The summed E-state index contributed by atoms with van der Waals surface area (Å²) in [7, 11) is 1.58. The number of amides is 1. The summed E-state index contributed by atoms with van der Waals surface area (Å²) in [6.45, 7) is 3.70. The minimum atomic E-state index is -0.182. The number of aryl methyl sites for hydroxylation is 1. The Labute approximate surface area is 156 Å². The quantitative estimate of drug-likeness (QED) is 0.680. The van der Waals surface area contributed by atoms with Crippen LogP contribution in [0.5, 0.6) is 0 Å². The largest absolute Gasteiger partial charge is 0.461 e. The lowest BCUT2D eigenvalue weighted by atomic mass is 10.1. The van der Waals surface area contributed by atoms with Gasteiger partial charge < -0.3 is 23.3 Å². The number of methoxy groups -OCH3 is 1. The molecule has 1 atom stereocenters. The van der Waals surface area contributed by atoms with Crippen molar-refractivity contribution in [1.82, 2.24) is 15.0 Å². The third kappa shape index (κ3) is 3.86. The van der Waals surface area contributed by atoms with Crippen LogP contribution in [0.15, 0.2) is 33.2 Å². The zero-order valence-corrected chi connectivity index (χ0v) is 15.3. The lowest BCUT2D eigenvalue weighted by Gasteiger charge is -2.32. The Balaban J connectivity index is 1.43. The van der Waals surface area contributed by atoms with Gasteiger partial charge in [-0.25, -0.2) is 0 Å². The lowest BCUT2D eigenvalue weighted by Crippen LogP contribution is -2.46. The number of ether oxygens (including phenoxy) is 2. The van der Waals surface area contributed by atoms with Crippen molar-refractivity contribution >= 4 is 16.9 Å². The van der Waals surface area contributed by atoms with E-state index < -0.39 is 0 Å². The van der Waals surface area contributed by atoms with Crippen molar-refractivity contribution in [3.63, 3.8) is 0 Å². The summed E-state index contributed by atoms with van der Waals surface area (Å²) in [5.41, 5.74) is 1.43. The van der Waals surface area contributed by atoms with Crippen LogP contribution in [0.4, 0.5) is 0 Å². The smallest absolute Gasteiger partial charge is 0.254 e. The maximum Gasteiger partial charge on any atom is 0.254 e. The van der Waals surface area contributed by atoms with Gasteiger partial charge in [0.15, 0.2) is 5.82 Å².